The summed E-state index contributed by atoms with van der Waals surface area (Å²) in [4.78, 5) is 12.7. The standard InChI is InChI=1S/C19H27BrN2O2/c20-16-6-4-5-15(13-16)18(7-2-1-3-8-18)14-22-17(23)19(21)9-11-24-12-10-19/h4-6,13H,1-3,7-12,14,21H2,(H,22,23). The Morgan fingerprint density at radius 2 is 1.88 bits per heavy atom. The monoisotopic (exact) mass is 394 g/mol. The van der Waals surface area contributed by atoms with Crippen LogP contribution in [-0.2, 0) is 14.9 Å². The van der Waals surface area contributed by atoms with Gasteiger partial charge in [0.15, 0.2) is 0 Å². The molecule has 1 aliphatic carbocycles. The largest absolute Gasteiger partial charge is 0.381 e. The number of hydrogen-bond acceptors (Lipinski definition) is 3. The van der Waals surface area contributed by atoms with Crippen LogP contribution < -0.4 is 11.1 Å². The fourth-order valence-corrected chi connectivity index (χ4v) is 4.40. The Morgan fingerprint density at radius 1 is 1.17 bits per heavy atom. The second-order valence-corrected chi connectivity index (χ2v) is 8.22. The third-order valence-corrected chi connectivity index (χ3v) is 6.17. The van der Waals surface area contributed by atoms with Gasteiger partial charge in [-0.1, -0.05) is 47.3 Å². The summed E-state index contributed by atoms with van der Waals surface area (Å²) in [5.74, 6) is -0.0225. The molecule has 132 valence electrons. The van der Waals surface area contributed by atoms with Gasteiger partial charge in [-0.3, -0.25) is 4.79 Å². The Labute approximate surface area is 152 Å². The molecule has 4 nitrogen and oxygen atoms in total. The van der Waals surface area contributed by atoms with Gasteiger partial charge in [-0.2, -0.15) is 0 Å². The molecule has 5 heteroatoms. The van der Waals surface area contributed by atoms with Crippen molar-refractivity contribution in [3.05, 3.63) is 34.3 Å². The van der Waals surface area contributed by atoms with E-state index in [-0.39, 0.29) is 11.3 Å². The zero-order valence-electron chi connectivity index (χ0n) is 14.2. The summed E-state index contributed by atoms with van der Waals surface area (Å²) in [6, 6.07) is 8.52. The van der Waals surface area contributed by atoms with Crippen LogP contribution >= 0.6 is 15.9 Å². The highest BCUT2D eigenvalue weighted by Gasteiger charge is 2.39. The molecule has 3 N–H and O–H groups in total. The van der Waals surface area contributed by atoms with Crippen molar-refractivity contribution < 1.29 is 9.53 Å². The lowest BCUT2D eigenvalue weighted by Crippen LogP contribution is -2.58. The van der Waals surface area contributed by atoms with E-state index in [1.165, 1.54) is 24.8 Å². The van der Waals surface area contributed by atoms with Crippen LogP contribution in [0.3, 0.4) is 0 Å². The number of ether oxygens (including phenoxy) is 1. The molecule has 0 aromatic heterocycles. The van der Waals surface area contributed by atoms with E-state index in [1.54, 1.807) is 0 Å². The topological polar surface area (TPSA) is 64.4 Å². The molecule has 1 saturated heterocycles. The lowest BCUT2D eigenvalue weighted by Gasteiger charge is -2.40. The Kier molecular flexibility index (Phi) is 5.63. The highest BCUT2D eigenvalue weighted by atomic mass is 79.9. The molecular weight excluding hydrogens is 368 g/mol. The first kappa shape index (κ1) is 17.9. The van der Waals surface area contributed by atoms with E-state index >= 15 is 0 Å². The van der Waals surface area contributed by atoms with Crippen molar-refractivity contribution in [2.24, 2.45) is 5.73 Å². The fourth-order valence-electron chi connectivity index (χ4n) is 4.00. The number of amides is 1. The van der Waals surface area contributed by atoms with Crippen LogP contribution in [0.1, 0.15) is 50.5 Å². The average Bonchev–Trinajstić information content (AvgIpc) is 2.61. The molecule has 1 saturated carbocycles. The number of rotatable bonds is 4. The van der Waals surface area contributed by atoms with Gasteiger partial charge in [-0.25, -0.2) is 0 Å². The summed E-state index contributed by atoms with van der Waals surface area (Å²) in [5, 5.41) is 3.19. The van der Waals surface area contributed by atoms with Crippen LogP contribution in [0.4, 0.5) is 0 Å². The van der Waals surface area contributed by atoms with Crippen LogP contribution in [0.25, 0.3) is 0 Å². The molecule has 2 aliphatic rings. The van der Waals surface area contributed by atoms with Crippen molar-refractivity contribution in [3.8, 4) is 0 Å². The molecule has 2 fully saturated rings. The maximum Gasteiger partial charge on any atom is 0.240 e. The van der Waals surface area contributed by atoms with Crippen LogP contribution in [0.5, 0.6) is 0 Å². The summed E-state index contributed by atoms with van der Waals surface area (Å²) in [6.45, 7) is 1.81. The van der Waals surface area contributed by atoms with E-state index in [0.717, 1.165) is 17.3 Å². The Hall–Kier alpha value is -0.910. The predicted molar refractivity (Wildman–Crippen MR) is 98.9 cm³/mol. The minimum Gasteiger partial charge on any atom is -0.381 e. The lowest BCUT2D eigenvalue weighted by molar-refractivity contribution is -0.130. The van der Waals surface area contributed by atoms with Gasteiger partial charge in [0, 0.05) is 29.6 Å². The van der Waals surface area contributed by atoms with Gasteiger partial charge < -0.3 is 15.8 Å². The second-order valence-electron chi connectivity index (χ2n) is 7.30. The van der Waals surface area contributed by atoms with Crippen LogP contribution in [-0.4, -0.2) is 31.2 Å². The third kappa shape index (κ3) is 3.84. The molecule has 1 amide bonds. The van der Waals surface area contributed by atoms with E-state index in [9.17, 15) is 4.79 Å². The summed E-state index contributed by atoms with van der Waals surface area (Å²) in [5.41, 5.74) is 6.89. The molecule has 0 radical (unpaired) electrons. The molecule has 0 unspecified atom stereocenters. The van der Waals surface area contributed by atoms with Gasteiger partial charge in [0.05, 0.1) is 5.54 Å². The van der Waals surface area contributed by atoms with E-state index in [0.29, 0.717) is 32.6 Å². The maximum atomic E-state index is 12.7. The highest BCUT2D eigenvalue weighted by molar-refractivity contribution is 9.10. The second kappa shape index (κ2) is 7.54. The van der Waals surface area contributed by atoms with Crippen molar-refractivity contribution in [1.82, 2.24) is 5.32 Å². The van der Waals surface area contributed by atoms with Gasteiger partial charge >= 0.3 is 0 Å². The fraction of sp³-hybridized carbons (Fsp3) is 0.632. The van der Waals surface area contributed by atoms with Gasteiger partial charge in [-0.05, 0) is 43.4 Å². The Bertz CT molecular complexity index is 578. The minimum atomic E-state index is -0.772. The van der Waals surface area contributed by atoms with Crippen LogP contribution in [0.2, 0.25) is 0 Å². The van der Waals surface area contributed by atoms with Crippen LogP contribution in [0.15, 0.2) is 28.7 Å². The number of nitrogens with one attached hydrogen (secondary N) is 1. The maximum absolute atomic E-state index is 12.7. The number of halogens is 1. The molecular formula is C19H27BrN2O2. The van der Waals surface area contributed by atoms with Gasteiger partial charge in [0.2, 0.25) is 5.91 Å². The third-order valence-electron chi connectivity index (χ3n) is 5.67. The van der Waals surface area contributed by atoms with Crippen molar-refractivity contribution in [3.63, 3.8) is 0 Å². The van der Waals surface area contributed by atoms with Gasteiger partial charge in [-0.15, -0.1) is 0 Å². The summed E-state index contributed by atoms with van der Waals surface area (Å²) >= 11 is 3.58. The Balaban J connectivity index is 1.74. The number of nitrogens with two attached hydrogens (primary N) is 1. The smallest absolute Gasteiger partial charge is 0.240 e. The van der Waals surface area contributed by atoms with Gasteiger partial charge in [0.1, 0.15) is 0 Å². The minimum absolute atomic E-state index is 0.0225. The highest BCUT2D eigenvalue weighted by Crippen LogP contribution is 2.40. The molecule has 1 aliphatic heterocycles. The first-order valence-corrected chi connectivity index (χ1v) is 9.74. The molecule has 3 rings (SSSR count). The first-order chi connectivity index (χ1) is 11.5. The number of benzene rings is 1. The number of carbonyl (C=O) groups is 1. The van der Waals surface area contributed by atoms with Gasteiger partial charge in [0.25, 0.3) is 0 Å². The Morgan fingerprint density at radius 3 is 2.54 bits per heavy atom. The summed E-state index contributed by atoms with van der Waals surface area (Å²) in [7, 11) is 0. The normalized spacial score (nSPS) is 22.8. The summed E-state index contributed by atoms with van der Waals surface area (Å²) in [6.07, 6.45) is 7.14. The molecule has 1 aromatic carbocycles. The van der Waals surface area contributed by atoms with Crippen molar-refractivity contribution in [2.75, 3.05) is 19.8 Å². The molecule has 0 atom stereocenters. The molecule has 1 heterocycles. The molecule has 24 heavy (non-hydrogen) atoms. The quantitative estimate of drug-likeness (QED) is 0.823. The SMILES string of the molecule is NC1(C(=O)NCC2(c3cccc(Br)c3)CCCCC2)CCOCC1. The predicted octanol–water partition coefficient (Wildman–Crippen LogP) is 3.28. The number of hydrogen-bond donors (Lipinski definition) is 2. The lowest BCUT2D eigenvalue weighted by atomic mass is 9.69. The van der Waals surface area contributed by atoms with Crippen molar-refractivity contribution in [1.29, 1.82) is 0 Å². The van der Waals surface area contributed by atoms with E-state index in [4.69, 9.17) is 10.5 Å². The average molecular weight is 395 g/mol. The van der Waals surface area contributed by atoms with Crippen molar-refractivity contribution >= 4 is 21.8 Å². The summed E-state index contributed by atoms with van der Waals surface area (Å²) < 4.78 is 6.44. The zero-order valence-corrected chi connectivity index (χ0v) is 15.7. The van der Waals surface area contributed by atoms with E-state index < -0.39 is 5.54 Å². The molecule has 0 spiro atoms. The first-order valence-electron chi connectivity index (χ1n) is 8.95. The molecule has 0 bridgehead atoms. The van der Waals surface area contributed by atoms with E-state index in [2.05, 4.69) is 45.5 Å². The number of carbonyl (C=O) groups excluding carboxylic acids is 1. The van der Waals surface area contributed by atoms with Crippen molar-refractivity contribution in [2.45, 2.75) is 55.9 Å². The van der Waals surface area contributed by atoms with Crippen LogP contribution in [0, 0.1) is 0 Å². The molecule has 1 aromatic rings. The van der Waals surface area contributed by atoms with E-state index in [1.807, 2.05) is 0 Å². The zero-order chi connectivity index (χ0) is 17.0.